The molecule has 1 aliphatic carbocycles. The maximum atomic E-state index is 9.78. The predicted octanol–water partition coefficient (Wildman–Crippen LogP) is 2.49. The van der Waals surface area contributed by atoms with Crippen molar-refractivity contribution < 1.29 is 9.84 Å². The Morgan fingerprint density at radius 2 is 1.95 bits per heavy atom. The van der Waals surface area contributed by atoms with E-state index in [1.165, 1.54) is 12.0 Å². The molecule has 0 heterocycles. The zero-order chi connectivity index (χ0) is 13.3. The van der Waals surface area contributed by atoms with Gasteiger partial charge in [0.1, 0.15) is 0 Å². The summed E-state index contributed by atoms with van der Waals surface area (Å²) < 4.78 is 5.76. The van der Waals surface area contributed by atoms with Gasteiger partial charge >= 0.3 is 0 Å². The van der Waals surface area contributed by atoms with E-state index in [2.05, 4.69) is 29.6 Å². The summed E-state index contributed by atoms with van der Waals surface area (Å²) in [7, 11) is 0. The van der Waals surface area contributed by atoms with E-state index < -0.39 is 0 Å². The molecule has 2 atom stereocenters. The number of rotatable bonds is 7. The summed E-state index contributed by atoms with van der Waals surface area (Å²) in [6.45, 7) is 2.61. The molecule has 0 saturated heterocycles. The van der Waals surface area contributed by atoms with E-state index in [4.69, 9.17) is 4.74 Å². The van der Waals surface area contributed by atoms with Crippen LogP contribution in [0, 0.1) is 0 Å². The first-order valence-electron chi connectivity index (χ1n) is 7.40. The van der Waals surface area contributed by atoms with Gasteiger partial charge in [0.2, 0.25) is 0 Å². The zero-order valence-corrected chi connectivity index (χ0v) is 11.6. The van der Waals surface area contributed by atoms with E-state index in [1.54, 1.807) is 0 Å². The van der Waals surface area contributed by atoms with E-state index in [9.17, 15) is 5.11 Å². The lowest BCUT2D eigenvalue weighted by Gasteiger charge is -2.27. The Balaban J connectivity index is 1.50. The summed E-state index contributed by atoms with van der Waals surface area (Å²) in [6.07, 6.45) is 5.06. The van der Waals surface area contributed by atoms with E-state index in [1.807, 2.05) is 6.07 Å². The van der Waals surface area contributed by atoms with Crippen LogP contribution in [0.5, 0.6) is 0 Å². The van der Waals surface area contributed by atoms with Crippen LogP contribution in [-0.4, -0.2) is 30.5 Å². The average molecular weight is 263 g/mol. The van der Waals surface area contributed by atoms with Crippen LogP contribution in [0.25, 0.3) is 0 Å². The molecule has 1 aliphatic rings. The highest BCUT2D eigenvalue weighted by atomic mass is 16.5. The van der Waals surface area contributed by atoms with Gasteiger partial charge in [-0.1, -0.05) is 43.2 Å². The minimum absolute atomic E-state index is 0.0721. The van der Waals surface area contributed by atoms with Gasteiger partial charge in [0.05, 0.1) is 12.2 Å². The first-order chi connectivity index (χ1) is 9.36. The smallest absolute Gasteiger partial charge is 0.0833 e. The summed E-state index contributed by atoms with van der Waals surface area (Å²) >= 11 is 0. The van der Waals surface area contributed by atoms with Gasteiger partial charge in [0.25, 0.3) is 0 Å². The molecule has 19 heavy (non-hydrogen) atoms. The summed E-state index contributed by atoms with van der Waals surface area (Å²) in [5, 5.41) is 13.2. The molecular weight excluding hydrogens is 238 g/mol. The molecule has 1 aromatic carbocycles. The SMILES string of the molecule is OC1CCCCC1OCCCNCc1ccccc1. The first kappa shape index (κ1) is 14.5. The fraction of sp³-hybridized carbons (Fsp3) is 0.625. The van der Waals surface area contributed by atoms with E-state index in [0.29, 0.717) is 0 Å². The van der Waals surface area contributed by atoms with Crippen LogP contribution in [-0.2, 0) is 11.3 Å². The Morgan fingerprint density at radius 3 is 2.74 bits per heavy atom. The largest absolute Gasteiger partial charge is 0.390 e. The molecule has 3 nitrogen and oxygen atoms in total. The molecule has 0 radical (unpaired) electrons. The minimum Gasteiger partial charge on any atom is -0.390 e. The molecule has 0 aliphatic heterocycles. The van der Waals surface area contributed by atoms with Crippen molar-refractivity contribution in [1.82, 2.24) is 5.32 Å². The molecule has 106 valence electrons. The molecule has 2 rings (SSSR count). The van der Waals surface area contributed by atoms with E-state index >= 15 is 0 Å². The van der Waals surface area contributed by atoms with E-state index in [-0.39, 0.29) is 12.2 Å². The monoisotopic (exact) mass is 263 g/mol. The molecule has 0 aromatic heterocycles. The Labute approximate surface area is 116 Å². The van der Waals surface area contributed by atoms with E-state index in [0.717, 1.165) is 45.4 Å². The van der Waals surface area contributed by atoms with Crippen LogP contribution in [0.2, 0.25) is 0 Å². The van der Waals surface area contributed by atoms with Gasteiger partial charge in [-0.2, -0.15) is 0 Å². The van der Waals surface area contributed by atoms with Gasteiger partial charge in [-0.3, -0.25) is 0 Å². The normalized spacial score (nSPS) is 23.4. The maximum absolute atomic E-state index is 9.78. The third-order valence-electron chi connectivity index (χ3n) is 3.67. The van der Waals surface area contributed by atoms with Crippen molar-refractivity contribution in [3.05, 3.63) is 35.9 Å². The second kappa shape index (κ2) is 8.31. The van der Waals surface area contributed by atoms with Gasteiger partial charge in [0, 0.05) is 13.2 Å². The standard InChI is InChI=1S/C16H25NO2/c18-15-9-4-5-10-16(15)19-12-6-11-17-13-14-7-2-1-3-8-14/h1-3,7-8,15-18H,4-6,9-13H2. The highest BCUT2D eigenvalue weighted by molar-refractivity contribution is 5.14. The molecule has 0 amide bonds. The third-order valence-corrected chi connectivity index (χ3v) is 3.67. The van der Waals surface area contributed by atoms with Crippen molar-refractivity contribution in [3.8, 4) is 0 Å². The van der Waals surface area contributed by atoms with Crippen LogP contribution >= 0.6 is 0 Å². The summed E-state index contributed by atoms with van der Waals surface area (Å²) in [4.78, 5) is 0. The second-order valence-corrected chi connectivity index (χ2v) is 5.28. The quantitative estimate of drug-likeness (QED) is 0.743. The Morgan fingerprint density at radius 1 is 1.16 bits per heavy atom. The Hall–Kier alpha value is -0.900. The van der Waals surface area contributed by atoms with Crippen molar-refractivity contribution in [2.75, 3.05) is 13.2 Å². The summed E-state index contributed by atoms with van der Waals surface area (Å²) in [6, 6.07) is 10.4. The first-order valence-corrected chi connectivity index (χ1v) is 7.40. The zero-order valence-electron chi connectivity index (χ0n) is 11.6. The molecular formula is C16H25NO2. The van der Waals surface area contributed by atoms with Crippen molar-refractivity contribution in [2.24, 2.45) is 0 Å². The average Bonchev–Trinajstić information content (AvgIpc) is 2.45. The van der Waals surface area contributed by atoms with Crippen LogP contribution in [0.4, 0.5) is 0 Å². The van der Waals surface area contributed by atoms with Gasteiger partial charge < -0.3 is 15.2 Å². The van der Waals surface area contributed by atoms with Crippen LogP contribution in [0.15, 0.2) is 30.3 Å². The highest BCUT2D eigenvalue weighted by Crippen LogP contribution is 2.21. The highest BCUT2D eigenvalue weighted by Gasteiger charge is 2.22. The van der Waals surface area contributed by atoms with Gasteiger partial charge in [-0.05, 0) is 31.4 Å². The molecule has 1 fully saturated rings. The Kier molecular flexibility index (Phi) is 6.34. The lowest BCUT2D eigenvalue weighted by molar-refractivity contribution is -0.0589. The fourth-order valence-corrected chi connectivity index (χ4v) is 2.53. The summed E-state index contributed by atoms with van der Waals surface area (Å²) in [5.74, 6) is 0. The van der Waals surface area contributed by atoms with Crippen molar-refractivity contribution in [3.63, 3.8) is 0 Å². The lowest BCUT2D eigenvalue weighted by atomic mass is 9.95. The van der Waals surface area contributed by atoms with Crippen LogP contribution < -0.4 is 5.32 Å². The van der Waals surface area contributed by atoms with Gasteiger partial charge in [-0.15, -0.1) is 0 Å². The molecule has 1 aromatic rings. The lowest BCUT2D eigenvalue weighted by Crippen LogP contribution is -2.32. The summed E-state index contributed by atoms with van der Waals surface area (Å²) in [5.41, 5.74) is 1.31. The van der Waals surface area contributed by atoms with Gasteiger partial charge in [-0.25, -0.2) is 0 Å². The van der Waals surface area contributed by atoms with Crippen molar-refractivity contribution in [1.29, 1.82) is 0 Å². The number of benzene rings is 1. The topological polar surface area (TPSA) is 41.5 Å². The molecule has 1 saturated carbocycles. The number of aliphatic hydroxyl groups excluding tert-OH is 1. The van der Waals surface area contributed by atoms with Crippen molar-refractivity contribution in [2.45, 2.75) is 50.9 Å². The van der Waals surface area contributed by atoms with Gasteiger partial charge in [0.15, 0.2) is 0 Å². The predicted molar refractivity (Wildman–Crippen MR) is 77.0 cm³/mol. The molecule has 3 heteroatoms. The van der Waals surface area contributed by atoms with Crippen molar-refractivity contribution >= 4 is 0 Å². The number of hydrogen-bond acceptors (Lipinski definition) is 3. The number of ether oxygens (including phenoxy) is 1. The molecule has 0 bridgehead atoms. The number of hydrogen-bond donors (Lipinski definition) is 2. The molecule has 0 spiro atoms. The molecule has 2 unspecified atom stereocenters. The number of aliphatic hydroxyl groups is 1. The molecule has 2 N–H and O–H groups in total. The number of nitrogens with one attached hydrogen (secondary N) is 1. The fourth-order valence-electron chi connectivity index (χ4n) is 2.53. The minimum atomic E-state index is -0.244. The van der Waals surface area contributed by atoms with Crippen LogP contribution in [0.1, 0.15) is 37.7 Å². The second-order valence-electron chi connectivity index (χ2n) is 5.28. The maximum Gasteiger partial charge on any atom is 0.0833 e. The third kappa shape index (κ3) is 5.31. The van der Waals surface area contributed by atoms with Crippen LogP contribution in [0.3, 0.4) is 0 Å². The Bertz CT molecular complexity index is 342.